The van der Waals surface area contributed by atoms with E-state index in [0.717, 1.165) is 12.8 Å². The van der Waals surface area contributed by atoms with Crippen molar-refractivity contribution >= 4 is 10.2 Å². The zero-order valence-corrected chi connectivity index (χ0v) is 12.0. The van der Waals surface area contributed by atoms with E-state index in [1.807, 2.05) is 27.7 Å². The summed E-state index contributed by atoms with van der Waals surface area (Å²) in [6.45, 7) is 8.57. The van der Waals surface area contributed by atoms with Crippen molar-refractivity contribution < 1.29 is 8.42 Å². The highest BCUT2D eigenvalue weighted by atomic mass is 32.2. The molecule has 0 spiro atoms. The van der Waals surface area contributed by atoms with Gasteiger partial charge in [-0.25, -0.2) is 0 Å². The molecule has 1 aliphatic rings. The summed E-state index contributed by atoms with van der Waals surface area (Å²) in [7, 11) is -3.41. The molecule has 0 aliphatic carbocycles. The summed E-state index contributed by atoms with van der Waals surface area (Å²) in [5.74, 6) is 0.280. The van der Waals surface area contributed by atoms with Crippen LogP contribution >= 0.6 is 0 Å². The quantitative estimate of drug-likeness (QED) is 0.786. The lowest BCUT2D eigenvalue weighted by Gasteiger charge is -2.38. The van der Waals surface area contributed by atoms with Crippen LogP contribution in [-0.4, -0.2) is 37.4 Å². The van der Waals surface area contributed by atoms with E-state index in [1.165, 1.54) is 0 Å². The maximum atomic E-state index is 12.2. The highest BCUT2D eigenvalue weighted by Crippen LogP contribution is 2.24. The molecule has 1 rings (SSSR count). The molecule has 0 saturated carbocycles. The maximum Gasteiger partial charge on any atom is 0.280 e. The van der Waals surface area contributed by atoms with Crippen LogP contribution in [0.2, 0.25) is 0 Å². The second-order valence-electron chi connectivity index (χ2n) is 5.95. The van der Waals surface area contributed by atoms with Gasteiger partial charge in [-0.3, -0.25) is 0 Å². The first-order valence-electron chi connectivity index (χ1n) is 6.16. The standard InChI is InChI=1S/C11H25N3O2S/c1-9-5-6-10(7-12)8-14(9)17(15,16)13-11(2,3)4/h9-10,13H,5-8,12H2,1-4H3. The van der Waals surface area contributed by atoms with Crippen molar-refractivity contribution in [2.75, 3.05) is 13.1 Å². The van der Waals surface area contributed by atoms with Gasteiger partial charge in [-0.05, 0) is 53.0 Å². The fourth-order valence-electron chi connectivity index (χ4n) is 2.12. The first-order valence-corrected chi connectivity index (χ1v) is 7.60. The summed E-state index contributed by atoms with van der Waals surface area (Å²) in [5.41, 5.74) is 5.19. The topological polar surface area (TPSA) is 75.4 Å². The van der Waals surface area contributed by atoms with Gasteiger partial charge in [0.05, 0.1) is 0 Å². The third-order valence-electron chi connectivity index (χ3n) is 3.00. The summed E-state index contributed by atoms with van der Waals surface area (Å²) in [6.07, 6.45) is 1.89. The highest BCUT2D eigenvalue weighted by Gasteiger charge is 2.35. The van der Waals surface area contributed by atoms with Crippen LogP contribution in [0.15, 0.2) is 0 Å². The lowest BCUT2D eigenvalue weighted by Crippen LogP contribution is -2.55. The Morgan fingerprint density at radius 2 is 1.94 bits per heavy atom. The minimum Gasteiger partial charge on any atom is -0.330 e. The van der Waals surface area contributed by atoms with Crippen molar-refractivity contribution in [3.63, 3.8) is 0 Å². The van der Waals surface area contributed by atoms with Crippen molar-refractivity contribution in [2.45, 2.75) is 52.1 Å². The Kier molecular flexibility index (Phi) is 4.57. The number of hydrogen-bond acceptors (Lipinski definition) is 3. The molecule has 1 saturated heterocycles. The molecular formula is C11H25N3O2S. The van der Waals surface area contributed by atoms with Gasteiger partial charge in [0.15, 0.2) is 0 Å². The average Bonchev–Trinajstić information content (AvgIpc) is 2.14. The minimum atomic E-state index is -3.41. The molecule has 0 amide bonds. The third kappa shape index (κ3) is 4.21. The molecule has 3 N–H and O–H groups in total. The summed E-state index contributed by atoms with van der Waals surface area (Å²) in [6, 6.07) is 0.0534. The third-order valence-corrected chi connectivity index (χ3v) is 5.00. The van der Waals surface area contributed by atoms with E-state index in [4.69, 9.17) is 5.73 Å². The van der Waals surface area contributed by atoms with Crippen LogP contribution in [0, 0.1) is 5.92 Å². The molecular weight excluding hydrogens is 238 g/mol. The van der Waals surface area contributed by atoms with E-state index in [-0.39, 0.29) is 12.0 Å². The number of piperidine rings is 1. The van der Waals surface area contributed by atoms with Crippen molar-refractivity contribution in [1.29, 1.82) is 0 Å². The van der Waals surface area contributed by atoms with Crippen molar-refractivity contribution in [3.8, 4) is 0 Å². The molecule has 0 aromatic carbocycles. The van der Waals surface area contributed by atoms with Crippen LogP contribution in [0.25, 0.3) is 0 Å². The molecule has 6 heteroatoms. The summed E-state index contributed by atoms with van der Waals surface area (Å²) >= 11 is 0. The molecule has 102 valence electrons. The van der Waals surface area contributed by atoms with Crippen LogP contribution in [0.1, 0.15) is 40.5 Å². The smallest absolute Gasteiger partial charge is 0.280 e. The Balaban J connectivity index is 2.81. The molecule has 2 unspecified atom stereocenters. The summed E-state index contributed by atoms with van der Waals surface area (Å²) < 4.78 is 28.7. The summed E-state index contributed by atoms with van der Waals surface area (Å²) in [4.78, 5) is 0. The molecule has 5 nitrogen and oxygen atoms in total. The zero-order chi connectivity index (χ0) is 13.3. The largest absolute Gasteiger partial charge is 0.330 e. The maximum absolute atomic E-state index is 12.2. The van der Waals surface area contributed by atoms with Crippen molar-refractivity contribution in [1.82, 2.24) is 9.03 Å². The van der Waals surface area contributed by atoms with Gasteiger partial charge in [0.1, 0.15) is 0 Å². The normalized spacial score (nSPS) is 28.3. The Hall–Kier alpha value is -0.170. The van der Waals surface area contributed by atoms with E-state index in [1.54, 1.807) is 4.31 Å². The van der Waals surface area contributed by atoms with Gasteiger partial charge in [-0.1, -0.05) is 0 Å². The predicted molar refractivity (Wildman–Crippen MR) is 69.8 cm³/mol. The number of hydrogen-bond donors (Lipinski definition) is 2. The molecule has 1 fully saturated rings. The van der Waals surface area contributed by atoms with E-state index in [9.17, 15) is 8.42 Å². The molecule has 17 heavy (non-hydrogen) atoms. The second kappa shape index (κ2) is 5.22. The van der Waals surface area contributed by atoms with E-state index in [0.29, 0.717) is 13.1 Å². The van der Waals surface area contributed by atoms with Crippen molar-refractivity contribution in [3.05, 3.63) is 0 Å². The van der Waals surface area contributed by atoms with E-state index < -0.39 is 15.7 Å². The molecule has 0 radical (unpaired) electrons. The predicted octanol–water partition coefficient (Wildman–Crippen LogP) is 0.679. The lowest BCUT2D eigenvalue weighted by molar-refractivity contribution is 0.206. The fourth-order valence-corrected chi connectivity index (χ4v) is 4.00. The molecule has 1 heterocycles. The molecule has 2 atom stereocenters. The Morgan fingerprint density at radius 3 is 2.41 bits per heavy atom. The van der Waals surface area contributed by atoms with Gasteiger partial charge >= 0.3 is 0 Å². The van der Waals surface area contributed by atoms with Crippen LogP contribution in [0.5, 0.6) is 0 Å². The fraction of sp³-hybridized carbons (Fsp3) is 1.00. The Bertz CT molecular complexity index is 348. The lowest BCUT2D eigenvalue weighted by atomic mass is 9.96. The SMILES string of the molecule is CC1CCC(CN)CN1S(=O)(=O)NC(C)(C)C. The van der Waals surface area contributed by atoms with E-state index in [2.05, 4.69) is 4.72 Å². The number of nitrogens with two attached hydrogens (primary N) is 1. The van der Waals surface area contributed by atoms with Gasteiger partial charge in [-0.2, -0.15) is 17.4 Å². The number of rotatable bonds is 3. The van der Waals surface area contributed by atoms with Gasteiger partial charge in [-0.15, -0.1) is 0 Å². The molecule has 0 aromatic rings. The Morgan fingerprint density at radius 1 is 1.35 bits per heavy atom. The first-order chi connectivity index (χ1) is 7.65. The number of nitrogens with one attached hydrogen (secondary N) is 1. The van der Waals surface area contributed by atoms with Gasteiger partial charge in [0.25, 0.3) is 10.2 Å². The van der Waals surface area contributed by atoms with Crippen LogP contribution in [0.4, 0.5) is 0 Å². The monoisotopic (exact) mass is 263 g/mol. The summed E-state index contributed by atoms with van der Waals surface area (Å²) in [5, 5.41) is 0. The zero-order valence-electron chi connectivity index (χ0n) is 11.2. The Labute approximate surface area is 105 Å². The number of nitrogens with zero attached hydrogens (tertiary/aromatic N) is 1. The minimum absolute atomic E-state index is 0.0534. The molecule has 0 aromatic heterocycles. The van der Waals surface area contributed by atoms with Gasteiger partial charge in [0.2, 0.25) is 0 Å². The molecule has 1 aliphatic heterocycles. The second-order valence-corrected chi connectivity index (χ2v) is 7.58. The first kappa shape index (κ1) is 14.9. The van der Waals surface area contributed by atoms with Crippen LogP contribution in [0.3, 0.4) is 0 Å². The van der Waals surface area contributed by atoms with Crippen LogP contribution in [-0.2, 0) is 10.2 Å². The van der Waals surface area contributed by atoms with Crippen LogP contribution < -0.4 is 10.5 Å². The van der Waals surface area contributed by atoms with Gasteiger partial charge < -0.3 is 5.73 Å². The van der Waals surface area contributed by atoms with E-state index >= 15 is 0 Å². The van der Waals surface area contributed by atoms with Crippen molar-refractivity contribution in [2.24, 2.45) is 11.7 Å². The average molecular weight is 263 g/mol. The highest BCUT2D eigenvalue weighted by molar-refractivity contribution is 7.87. The van der Waals surface area contributed by atoms with Gasteiger partial charge in [0, 0.05) is 18.1 Å². The molecule has 0 bridgehead atoms.